The van der Waals surface area contributed by atoms with Gasteiger partial charge >= 0.3 is 11.7 Å². The van der Waals surface area contributed by atoms with E-state index in [9.17, 15) is 14.4 Å². The molecule has 2 rings (SSSR count). The first-order valence-electron chi connectivity index (χ1n) is 8.03. The fourth-order valence-electron chi connectivity index (χ4n) is 2.29. The largest absolute Gasteiger partial charge is 0.465 e. The van der Waals surface area contributed by atoms with Crippen LogP contribution in [-0.2, 0) is 9.53 Å². The SMILES string of the molecule is COC(=O)c1c(SCC(=O)Nc2ccc(C(C)C)cc2)nc(=O)[nH]c1C. The molecule has 7 nitrogen and oxygen atoms in total. The summed E-state index contributed by atoms with van der Waals surface area (Å²) in [7, 11) is 1.24. The van der Waals surface area contributed by atoms with E-state index in [4.69, 9.17) is 4.74 Å². The smallest absolute Gasteiger partial charge is 0.346 e. The number of methoxy groups -OCH3 is 1. The molecule has 2 aromatic rings. The van der Waals surface area contributed by atoms with E-state index >= 15 is 0 Å². The van der Waals surface area contributed by atoms with Crippen molar-refractivity contribution in [2.45, 2.75) is 31.7 Å². The number of ether oxygens (including phenoxy) is 1. The van der Waals surface area contributed by atoms with Gasteiger partial charge in [-0.1, -0.05) is 37.7 Å². The molecule has 1 amide bonds. The molecule has 0 radical (unpaired) electrons. The third kappa shape index (κ3) is 4.95. The summed E-state index contributed by atoms with van der Waals surface area (Å²) in [4.78, 5) is 41.9. The predicted molar refractivity (Wildman–Crippen MR) is 101 cm³/mol. The minimum Gasteiger partial charge on any atom is -0.465 e. The standard InChI is InChI=1S/C18H21N3O4S/c1-10(2)12-5-7-13(8-6-12)20-14(22)9-26-16-15(17(23)25-4)11(3)19-18(24)21-16/h5-8,10H,9H2,1-4H3,(H,20,22)(H,19,21,24). The molecule has 8 heteroatoms. The number of H-pyrrole nitrogens is 1. The second kappa shape index (κ2) is 8.66. The molecule has 2 N–H and O–H groups in total. The number of amides is 1. The third-order valence-electron chi connectivity index (χ3n) is 3.68. The van der Waals surface area contributed by atoms with E-state index in [0.717, 1.165) is 11.8 Å². The highest BCUT2D eigenvalue weighted by Crippen LogP contribution is 2.22. The first-order chi connectivity index (χ1) is 12.3. The number of nitrogens with one attached hydrogen (secondary N) is 2. The van der Waals surface area contributed by atoms with Gasteiger partial charge in [-0.2, -0.15) is 4.98 Å². The van der Waals surface area contributed by atoms with Crippen LogP contribution in [0.15, 0.2) is 34.1 Å². The molecular formula is C18H21N3O4S. The number of rotatable bonds is 6. The minimum atomic E-state index is -0.613. The van der Waals surface area contributed by atoms with E-state index in [0.29, 0.717) is 17.3 Å². The van der Waals surface area contributed by atoms with Crippen molar-refractivity contribution in [2.75, 3.05) is 18.2 Å². The zero-order chi connectivity index (χ0) is 19.3. The Morgan fingerprint density at radius 2 is 1.92 bits per heavy atom. The molecule has 0 saturated heterocycles. The van der Waals surface area contributed by atoms with E-state index in [2.05, 4.69) is 29.1 Å². The lowest BCUT2D eigenvalue weighted by atomic mass is 10.0. The number of nitrogens with zero attached hydrogens (tertiary/aromatic N) is 1. The zero-order valence-corrected chi connectivity index (χ0v) is 15.9. The molecule has 0 aliphatic rings. The van der Waals surface area contributed by atoms with Crippen LogP contribution in [0.3, 0.4) is 0 Å². The number of aromatic nitrogens is 2. The third-order valence-corrected chi connectivity index (χ3v) is 4.65. The summed E-state index contributed by atoms with van der Waals surface area (Å²) in [6.07, 6.45) is 0. The molecule has 0 aliphatic carbocycles. The van der Waals surface area contributed by atoms with Crippen LogP contribution < -0.4 is 11.0 Å². The van der Waals surface area contributed by atoms with Crippen molar-refractivity contribution in [3.63, 3.8) is 0 Å². The van der Waals surface area contributed by atoms with Gasteiger partial charge in [-0.25, -0.2) is 9.59 Å². The number of aryl methyl sites for hydroxylation is 1. The molecule has 1 aromatic heterocycles. The van der Waals surface area contributed by atoms with E-state index < -0.39 is 11.7 Å². The summed E-state index contributed by atoms with van der Waals surface area (Å²) >= 11 is 1.01. The Balaban J connectivity index is 2.07. The van der Waals surface area contributed by atoms with Gasteiger partial charge in [0.05, 0.1) is 12.9 Å². The Morgan fingerprint density at radius 3 is 2.50 bits per heavy atom. The van der Waals surface area contributed by atoms with Crippen LogP contribution in [0.5, 0.6) is 0 Å². The number of aromatic amines is 1. The topological polar surface area (TPSA) is 101 Å². The van der Waals surface area contributed by atoms with Crippen LogP contribution in [0.25, 0.3) is 0 Å². The average Bonchev–Trinajstić information content (AvgIpc) is 2.59. The predicted octanol–water partition coefficient (Wildman–Crippen LogP) is 2.72. The fraction of sp³-hybridized carbons (Fsp3) is 0.333. The van der Waals surface area contributed by atoms with Crippen LogP contribution >= 0.6 is 11.8 Å². The van der Waals surface area contributed by atoms with Crippen molar-refractivity contribution in [3.8, 4) is 0 Å². The maximum atomic E-state index is 12.2. The van der Waals surface area contributed by atoms with Crippen LogP contribution in [0.4, 0.5) is 5.69 Å². The Bertz CT molecular complexity index is 860. The monoisotopic (exact) mass is 375 g/mol. The van der Waals surface area contributed by atoms with Gasteiger partial charge in [0.25, 0.3) is 0 Å². The summed E-state index contributed by atoms with van der Waals surface area (Å²) in [5, 5.41) is 2.95. The van der Waals surface area contributed by atoms with Crippen molar-refractivity contribution in [2.24, 2.45) is 0 Å². The van der Waals surface area contributed by atoms with Crippen LogP contribution in [0.1, 0.15) is 41.4 Å². The molecule has 0 bridgehead atoms. The molecule has 0 unspecified atom stereocenters. The highest BCUT2D eigenvalue weighted by atomic mass is 32.2. The molecule has 138 valence electrons. The van der Waals surface area contributed by atoms with Gasteiger partial charge in [0.15, 0.2) is 0 Å². The molecule has 0 saturated carbocycles. The second-order valence-electron chi connectivity index (χ2n) is 5.95. The number of hydrogen-bond acceptors (Lipinski definition) is 6. The summed E-state index contributed by atoms with van der Waals surface area (Å²) in [6.45, 7) is 5.77. The van der Waals surface area contributed by atoms with Gasteiger partial charge < -0.3 is 15.0 Å². The number of esters is 1. The first kappa shape index (κ1) is 19.7. The number of carbonyl (C=O) groups is 2. The van der Waals surface area contributed by atoms with Crippen LogP contribution in [-0.4, -0.2) is 34.7 Å². The molecule has 0 fully saturated rings. The van der Waals surface area contributed by atoms with Crippen molar-refractivity contribution in [1.29, 1.82) is 0 Å². The van der Waals surface area contributed by atoms with E-state index in [1.807, 2.05) is 24.3 Å². The minimum absolute atomic E-state index is 0.00577. The van der Waals surface area contributed by atoms with Crippen LogP contribution in [0, 0.1) is 6.92 Å². The lowest BCUT2D eigenvalue weighted by Crippen LogP contribution is -2.20. The average molecular weight is 375 g/mol. The summed E-state index contributed by atoms with van der Waals surface area (Å²) in [5.74, 6) is -0.454. The fourth-order valence-corrected chi connectivity index (χ4v) is 3.16. The van der Waals surface area contributed by atoms with Gasteiger partial charge in [0, 0.05) is 11.4 Å². The van der Waals surface area contributed by atoms with E-state index in [1.54, 1.807) is 6.92 Å². The van der Waals surface area contributed by atoms with E-state index in [1.165, 1.54) is 12.7 Å². The Hall–Kier alpha value is -2.61. The molecular weight excluding hydrogens is 354 g/mol. The molecule has 0 aliphatic heterocycles. The number of thioether (sulfide) groups is 1. The van der Waals surface area contributed by atoms with Crippen molar-refractivity contribution in [3.05, 3.63) is 51.6 Å². The number of anilines is 1. The van der Waals surface area contributed by atoms with Gasteiger partial charge in [0.2, 0.25) is 5.91 Å². The number of carbonyl (C=O) groups excluding carboxylic acids is 2. The summed E-state index contributed by atoms with van der Waals surface area (Å²) in [6, 6.07) is 7.61. The molecule has 1 aromatic carbocycles. The Morgan fingerprint density at radius 1 is 1.27 bits per heavy atom. The first-order valence-corrected chi connectivity index (χ1v) is 9.02. The summed E-state index contributed by atoms with van der Waals surface area (Å²) in [5.41, 5.74) is 1.80. The van der Waals surface area contributed by atoms with Crippen LogP contribution in [0.2, 0.25) is 0 Å². The number of benzene rings is 1. The molecule has 0 atom stereocenters. The van der Waals surface area contributed by atoms with E-state index in [-0.39, 0.29) is 22.2 Å². The maximum Gasteiger partial charge on any atom is 0.346 e. The van der Waals surface area contributed by atoms with Crippen molar-refractivity contribution < 1.29 is 14.3 Å². The molecule has 1 heterocycles. The summed E-state index contributed by atoms with van der Waals surface area (Å²) < 4.78 is 4.72. The normalized spacial score (nSPS) is 10.7. The lowest BCUT2D eigenvalue weighted by Gasteiger charge is -2.10. The van der Waals surface area contributed by atoms with Crippen molar-refractivity contribution in [1.82, 2.24) is 9.97 Å². The molecule has 26 heavy (non-hydrogen) atoms. The second-order valence-corrected chi connectivity index (χ2v) is 6.92. The van der Waals surface area contributed by atoms with Gasteiger partial charge in [-0.15, -0.1) is 0 Å². The Kier molecular flexibility index (Phi) is 6.57. The highest BCUT2D eigenvalue weighted by molar-refractivity contribution is 8.00. The Labute approximate surface area is 155 Å². The van der Waals surface area contributed by atoms with Gasteiger partial charge in [-0.05, 0) is 30.5 Å². The molecule has 0 spiro atoms. The zero-order valence-electron chi connectivity index (χ0n) is 15.1. The quantitative estimate of drug-likeness (QED) is 0.457. The van der Waals surface area contributed by atoms with Gasteiger partial charge in [-0.3, -0.25) is 4.79 Å². The lowest BCUT2D eigenvalue weighted by molar-refractivity contribution is -0.113. The highest BCUT2D eigenvalue weighted by Gasteiger charge is 2.19. The van der Waals surface area contributed by atoms with Crippen molar-refractivity contribution >= 4 is 29.3 Å². The number of hydrogen-bond donors (Lipinski definition) is 2. The van der Waals surface area contributed by atoms with Gasteiger partial charge in [0.1, 0.15) is 10.6 Å². The maximum absolute atomic E-state index is 12.2.